The first-order chi connectivity index (χ1) is 16.2. The van der Waals surface area contributed by atoms with Crippen LogP contribution in [0, 0.1) is 35.0 Å². The molecule has 4 heteroatoms. The monoisotopic (exact) mass is 428 g/mol. The third-order valence-corrected chi connectivity index (χ3v) is 7.09. The van der Waals surface area contributed by atoms with Crippen LogP contribution >= 0.6 is 0 Å². The topological polar surface area (TPSA) is 61.2 Å². The quantitative estimate of drug-likeness (QED) is 0.437. The van der Waals surface area contributed by atoms with E-state index in [1.165, 1.54) is 4.90 Å². The van der Waals surface area contributed by atoms with Crippen LogP contribution in [-0.2, 0) is 9.59 Å². The van der Waals surface area contributed by atoms with Crippen LogP contribution in [0.3, 0.4) is 0 Å². The maximum atomic E-state index is 13.6. The van der Waals surface area contributed by atoms with E-state index in [1.807, 2.05) is 36.4 Å². The molecule has 0 spiro atoms. The second-order valence-electron chi connectivity index (χ2n) is 8.69. The van der Waals surface area contributed by atoms with E-state index in [4.69, 9.17) is 0 Å². The van der Waals surface area contributed by atoms with Crippen LogP contribution in [-0.4, -0.2) is 11.8 Å². The number of fused-ring (bicyclic) bond motifs is 5. The summed E-state index contributed by atoms with van der Waals surface area (Å²) in [4.78, 5) is 28.5. The zero-order chi connectivity index (χ0) is 22.5. The number of carbonyl (C=O) groups excluding carboxylic acids is 2. The van der Waals surface area contributed by atoms with Crippen molar-refractivity contribution in [3.8, 4) is 6.07 Å². The Morgan fingerprint density at radius 1 is 0.697 bits per heavy atom. The molecule has 2 aliphatic carbocycles. The SMILES string of the molecule is N#Cc1ccccc1N1C(=O)[C@H]2[C@H](C1=O)[C@H]1C=C[C@H]2C1=C(c1ccccc1)c1ccccc1. The Morgan fingerprint density at radius 3 is 1.70 bits per heavy atom. The molecule has 0 N–H and O–H groups in total. The fraction of sp³-hybridized carbons (Fsp3) is 0.138. The summed E-state index contributed by atoms with van der Waals surface area (Å²) >= 11 is 0. The summed E-state index contributed by atoms with van der Waals surface area (Å²) < 4.78 is 0. The third-order valence-electron chi connectivity index (χ3n) is 7.09. The van der Waals surface area contributed by atoms with Crippen molar-refractivity contribution in [2.45, 2.75) is 0 Å². The molecule has 6 rings (SSSR count). The smallest absolute Gasteiger partial charge is 0.238 e. The molecule has 1 heterocycles. The summed E-state index contributed by atoms with van der Waals surface area (Å²) in [6, 6.07) is 29.3. The minimum absolute atomic E-state index is 0.133. The second-order valence-corrected chi connectivity index (χ2v) is 8.69. The van der Waals surface area contributed by atoms with Gasteiger partial charge in [0.2, 0.25) is 11.8 Å². The van der Waals surface area contributed by atoms with Crippen LogP contribution in [0.15, 0.2) is 103 Å². The van der Waals surface area contributed by atoms with Crippen molar-refractivity contribution >= 4 is 23.1 Å². The van der Waals surface area contributed by atoms with Gasteiger partial charge in [-0.05, 0) is 34.4 Å². The van der Waals surface area contributed by atoms with Crippen molar-refractivity contribution in [1.82, 2.24) is 0 Å². The zero-order valence-electron chi connectivity index (χ0n) is 17.8. The lowest BCUT2D eigenvalue weighted by Gasteiger charge is -2.22. The Kier molecular flexibility index (Phi) is 4.38. The van der Waals surface area contributed by atoms with Gasteiger partial charge in [-0.25, -0.2) is 4.90 Å². The molecular formula is C29H20N2O2. The molecular weight excluding hydrogens is 408 g/mol. The molecule has 3 aromatic carbocycles. The van der Waals surface area contributed by atoms with Crippen molar-refractivity contribution in [3.05, 3.63) is 119 Å². The summed E-state index contributed by atoms with van der Waals surface area (Å²) in [5, 5.41) is 9.52. The molecule has 3 aromatic rings. The Hall–Kier alpha value is -4.23. The van der Waals surface area contributed by atoms with E-state index in [-0.39, 0.29) is 23.7 Å². The van der Waals surface area contributed by atoms with E-state index in [0.29, 0.717) is 11.3 Å². The number of hydrogen-bond donors (Lipinski definition) is 0. The summed E-state index contributed by atoms with van der Waals surface area (Å²) in [5.74, 6) is -1.55. The third kappa shape index (κ3) is 2.76. The number of hydrogen-bond acceptors (Lipinski definition) is 3. The molecule has 2 fully saturated rings. The predicted molar refractivity (Wildman–Crippen MR) is 126 cm³/mol. The average Bonchev–Trinajstić information content (AvgIpc) is 3.50. The lowest BCUT2D eigenvalue weighted by atomic mass is 9.85. The van der Waals surface area contributed by atoms with E-state index in [2.05, 4.69) is 42.5 Å². The van der Waals surface area contributed by atoms with Crippen LogP contribution in [0.25, 0.3) is 5.57 Å². The highest BCUT2D eigenvalue weighted by Crippen LogP contribution is 2.59. The highest BCUT2D eigenvalue weighted by molar-refractivity contribution is 6.24. The molecule has 158 valence electrons. The van der Waals surface area contributed by atoms with Gasteiger partial charge in [0, 0.05) is 11.8 Å². The standard InChI is InChI=1S/C29H20N2O2/c30-17-20-13-7-8-14-23(20)31-28(32)26-21-15-16-22(27(26)29(31)33)25(21)24(18-9-3-1-4-10-18)19-11-5-2-6-12-19/h1-16,21-22,26-27H/t21-,22-,26+,27+/m0/s1. The molecule has 0 radical (unpaired) electrons. The molecule has 3 aliphatic rings. The Morgan fingerprint density at radius 2 is 1.18 bits per heavy atom. The Bertz CT molecular complexity index is 1310. The minimum atomic E-state index is -0.434. The first kappa shape index (κ1) is 19.5. The van der Waals surface area contributed by atoms with E-state index in [1.54, 1.807) is 24.3 Å². The molecule has 2 amide bonds. The van der Waals surface area contributed by atoms with Gasteiger partial charge < -0.3 is 0 Å². The van der Waals surface area contributed by atoms with Gasteiger partial charge in [-0.1, -0.05) is 84.9 Å². The highest BCUT2D eigenvalue weighted by Gasteiger charge is 2.62. The van der Waals surface area contributed by atoms with Gasteiger partial charge in [0.15, 0.2) is 0 Å². The maximum Gasteiger partial charge on any atom is 0.238 e. The number of carbonyl (C=O) groups is 2. The first-order valence-electron chi connectivity index (χ1n) is 11.1. The number of para-hydroxylation sites is 1. The minimum Gasteiger partial charge on any atom is -0.274 e. The van der Waals surface area contributed by atoms with E-state index >= 15 is 0 Å². The molecule has 0 unspecified atom stereocenters. The number of nitriles is 1. The average molecular weight is 428 g/mol. The molecule has 4 nitrogen and oxygen atoms in total. The fourth-order valence-corrected chi connectivity index (χ4v) is 5.81. The van der Waals surface area contributed by atoms with Crippen LogP contribution in [0.1, 0.15) is 16.7 Å². The number of nitrogens with zero attached hydrogens (tertiary/aromatic N) is 2. The van der Waals surface area contributed by atoms with Crippen LogP contribution < -0.4 is 4.90 Å². The van der Waals surface area contributed by atoms with Crippen molar-refractivity contribution in [1.29, 1.82) is 5.26 Å². The molecule has 0 aromatic heterocycles. The highest BCUT2D eigenvalue weighted by atomic mass is 16.2. The van der Waals surface area contributed by atoms with Crippen LogP contribution in [0.2, 0.25) is 0 Å². The van der Waals surface area contributed by atoms with Crippen molar-refractivity contribution in [2.24, 2.45) is 23.7 Å². The Labute approximate surface area is 192 Å². The first-order valence-corrected chi connectivity index (χ1v) is 11.1. The molecule has 33 heavy (non-hydrogen) atoms. The van der Waals surface area contributed by atoms with Gasteiger partial charge >= 0.3 is 0 Å². The normalized spacial score (nSPS) is 24.8. The number of allylic oxidation sites excluding steroid dienone is 3. The van der Waals surface area contributed by atoms with Crippen molar-refractivity contribution in [3.63, 3.8) is 0 Å². The van der Waals surface area contributed by atoms with E-state index < -0.39 is 11.8 Å². The van der Waals surface area contributed by atoms with Gasteiger partial charge in [0.1, 0.15) is 6.07 Å². The fourth-order valence-electron chi connectivity index (χ4n) is 5.81. The summed E-state index contributed by atoms with van der Waals surface area (Å²) in [5.41, 5.74) is 5.16. The van der Waals surface area contributed by atoms with Crippen molar-refractivity contribution in [2.75, 3.05) is 4.90 Å². The van der Waals surface area contributed by atoms with Gasteiger partial charge in [-0.3, -0.25) is 9.59 Å². The lowest BCUT2D eigenvalue weighted by molar-refractivity contribution is -0.122. The molecule has 1 saturated carbocycles. The summed E-state index contributed by atoms with van der Waals surface area (Å²) in [7, 11) is 0. The number of amides is 2. The summed E-state index contributed by atoms with van der Waals surface area (Å²) in [6.45, 7) is 0. The lowest BCUT2D eigenvalue weighted by Crippen LogP contribution is -2.33. The largest absolute Gasteiger partial charge is 0.274 e. The van der Waals surface area contributed by atoms with Gasteiger partial charge in [-0.15, -0.1) is 0 Å². The van der Waals surface area contributed by atoms with Crippen LogP contribution in [0.5, 0.6) is 0 Å². The maximum absolute atomic E-state index is 13.6. The van der Waals surface area contributed by atoms with Gasteiger partial charge in [0.25, 0.3) is 0 Å². The molecule has 1 aliphatic heterocycles. The molecule has 2 bridgehead atoms. The predicted octanol–water partition coefficient (Wildman–Crippen LogP) is 4.98. The van der Waals surface area contributed by atoms with Gasteiger partial charge in [0.05, 0.1) is 23.1 Å². The zero-order valence-corrected chi connectivity index (χ0v) is 17.8. The van der Waals surface area contributed by atoms with Gasteiger partial charge in [-0.2, -0.15) is 5.26 Å². The number of imide groups is 1. The van der Waals surface area contributed by atoms with Crippen LogP contribution in [0.4, 0.5) is 5.69 Å². The Balaban J connectivity index is 1.50. The van der Waals surface area contributed by atoms with E-state index in [9.17, 15) is 14.9 Å². The molecule has 4 atom stereocenters. The van der Waals surface area contributed by atoms with Crippen molar-refractivity contribution < 1.29 is 9.59 Å². The number of anilines is 1. The second kappa shape index (κ2) is 7.43. The number of rotatable bonds is 3. The van der Waals surface area contributed by atoms with E-state index in [0.717, 1.165) is 22.3 Å². The molecule has 1 saturated heterocycles. The number of benzene rings is 3. The summed E-state index contributed by atoms with van der Waals surface area (Å²) in [6.07, 6.45) is 4.19.